The van der Waals surface area contributed by atoms with Crippen molar-refractivity contribution in [3.05, 3.63) is 24.5 Å². The van der Waals surface area contributed by atoms with Crippen molar-refractivity contribution in [1.29, 1.82) is 0 Å². The van der Waals surface area contributed by atoms with Gasteiger partial charge in [0.2, 0.25) is 11.8 Å². The molecule has 5 heteroatoms. The Bertz CT molecular complexity index is 494. The van der Waals surface area contributed by atoms with E-state index in [1.807, 2.05) is 0 Å². The van der Waals surface area contributed by atoms with Gasteiger partial charge in [0.15, 0.2) is 0 Å². The molecular weight excluding hydrogens is 266 g/mol. The van der Waals surface area contributed by atoms with E-state index >= 15 is 0 Å². The Morgan fingerprint density at radius 1 is 1.19 bits per heavy atom. The molecule has 1 aliphatic carbocycles. The summed E-state index contributed by atoms with van der Waals surface area (Å²) in [5, 5.41) is 2.89. The molecule has 1 saturated carbocycles. The van der Waals surface area contributed by atoms with Gasteiger partial charge in [0.05, 0.1) is 0 Å². The van der Waals surface area contributed by atoms with E-state index in [2.05, 4.69) is 10.3 Å². The van der Waals surface area contributed by atoms with Gasteiger partial charge in [-0.05, 0) is 30.4 Å². The maximum Gasteiger partial charge on any atom is 0.224 e. The van der Waals surface area contributed by atoms with Crippen molar-refractivity contribution in [2.45, 2.75) is 38.5 Å². The van der Waals surface area contributed by atoms with Crippen LogP contribution in [0.15, 0.2) is 24.5 Å². The first kappa shape index (κ1) is 15.5. The van der Waals surface area contributed by atoms with Gasteiger partial charge in [0.25, 0.3) is 0 Å². The number of carbonyl (C=O) groups is 2. The van der Waals surface area contributed by atoms with E-state index in [-0.39, 0.29) is 17.2 Å². The highest BCUT2D eigenvalue weighted by Crippen LogP contribution is 2.44. The van der Waals surface area contributed by atoms with Crippen LogP contribution in [0.4, 0.5) is 5.69 Å². The molecule has 1 heterocycles. The summed E-state index contributed by atoms with van der Waals surface area (Å²) < 4.78 is 0. The molecule has 0 saturated heterocycles. The maximum atomic E-state index is 12.3. The van der Waals surface area contributed by atoms with Crippen LogP contribution in [-0.2, 0) is 9.59 Å². The van der Waals surface area contributed by atoms with E-state index in [1.54, 1.807) is 43.5 Å². The Hall–Kier alpha value is -1.91. The lowest BCUT2D eigenvalue weighted by Gasteiger charge is -2.29. The number of amides is 2. The summed E-state index contributed by atoms with van der Waals surface area (Å²) in [5.74, 6) is 0.0864. The number of rotatable bonds is 5. The summed E-state index contributed by atoms with van der Waals surface area (Å²) >= 11 is 0. The number of carbonyl (C=O) groups excluding carboxylic acids is 2. The number of hydrogen-bond donors (Lipinski definition) is 1. The van der Waals surface area contributed by atoms with Crippen molar-refractivity contribution < 1.29 is 9.59 Å². The zero-order chi connectivity index (χ0) is 15.3. The zero-order valence-corrected chi connectivity index (χ0v) is 12.8. The van der Waals surface area contributed by atoms with Gasteiger partial charge >= 0.3 is 0 Å². The molecule has 0 radical (unpaired) electrons. The molecule has 0 atom stereocenters. The molecule has 1 aromatic heterocycles. The van der Waals surface area contributed by atoms with Gasteiger partial charge in [0, 0.05) is 45.0 Å². The van der Waals surface area contributed by atoms with Crippen molar-refractivity contribution in [1.82, 2.24) is 9.88 Å². The second kappa shape index (κ2) is 6.70. The quantitative estimate of drug-likeness (QED) is 0.905. The van der Waals surface area contributed by atoms with E-state index in [0.717, 1.165) is 31.4 Å². The molecule has 114 valence electrons. The molecule has 0 aromatic carbocycles. The fraction of sp³-hybridized carbons (Fsp3) is 0.562. The molecule has 1 aliphatic rings. The van der Waals surface area contributed by atoms with Crippen molar-refractivity contribution in [2.75, 3.05) is 19.4 Å². The van der Waals surface area contributed by atoms with Crippen LogP contribution in [0.5, 0.6) is 0 Å². The highest BCUT2D eigenvalue weighted by Gasteiger charge is 2.38. The largest absolute Gasteiger partial charge is 0.349 e. The minimum atomic E-state index is -0.168. The number of hydrogen-bond acceptors (Lipinski definition) is 3. The highest BCUT2D eigenvalue weighted by atomic mass is 16.2. The van der Waals surface area contributed by atoms with Gasteiger partial charge in [-0.3, -0.25) is 14.6 Å². The summed E-state index contributed by atoms with van der Waals surface area (Å²) in [6.45, 7) is 0. The number of aromatic nitrogens is 1. The van der Waals surface area contributed by atoms with Crippen LogP contribution in [-0.4, -0.2) is 35.8 Å². The number of nitrogens with one attached hydrogen (secondary N) is 1. The van der Waals surface area contributed by atoms with Crippen LogP contribution in [0.2, 0.25) is 0 Å². The third-order valence-corrected chi connectivity index (χ3v) is 4.19. The van der Waals surface area contributed by atoms with Crippen molar-refractivity contribution >= 4 is 17.5 Å². The molecule has 0 spiro atoms. The third-order valence-electron chi connectivity index (χ3n) is 4.19. The summed E-state index contributed by atoms with van der Waals surface area (Å²) in [6.07, 6.45) is 8.28. The van der Waals surface area contributed by atoms with Crippen molar-refractivity contribution in [3.63, 3.8) is 0 Å². The lowest BCUT2D eigenvalue weighted by atomic mass is 9.78. The molecule has 1 aromatic rings. The Morgan fingerprint density at radius 2 is 1.81 bits per heavy atom. The molecule has 21 heavy (non-hydrogen) atoms. The fourth-order valence-electron chi connectivity index (χ4n) is 3.00. The van der Waals surface area contributed by atoms with Crippen molar-refractivity contribution in [2.24, 2.45) is 5.41 Å². The molecule has 2 amide bonds. The minimum Gasteiger partial charge on any atom is -0.349 e. The lowest BCUT2D eigenvalue weighted by molar-refractivity contribution is -0.131. The number of anilines is 1. The molecule has 0 bridgehead atoms. The molecule has 0 aliphatic heterocycles. The second-order valence-corrected chi connectivity index (χ2v) is 6.13. The summed E-state index contributed by atoms with van der Waals surface area (Å²) in [6, 6.07) is 3.54. The lowest BCUT2D eigenvalue weighted by Crippen LogP contribution is -2.32. The molecule has 5 nitrogen and oxygen atoms in total. The predicted molar refractivity (Wildman–Crippen MR) is 81.7 cm³/mol. The van der Waals surface area contributed by atoms with Crippen molar-refractivity contribution in [3.8, 4) is 0 Å². The van der Waals surface area contributed by atoms with Gasteiger partial charge in [-0.25, -0.2) is 0 Å². The standard InChI is InChI=1S/C16H23N3O2/c1-19(2)15(21)12-16(7-3-4-8-16)11-14(20)18-13-5-9-17-10-6-13/h5-6,9-10H,3-4,7-8,11-12H2,1-2H3,(H,17,18,20). The Balaban J connectivity index is 1.99. The van der Waals surface area contributed by atoms with E-state index in [0.29, 0.717) is 12.8 Å². The fourth-order valence-corrected chi connectivity index (χ4v) is 3.00. The molecule has 1 N–H and O–H groups in total. The monoisotopic (exact) mass is 289 g/mol. The van der Waals surface area contributed by atoms with Crippen LogP contribution < -0.4 is 5.32 Å². The van der Waals surface area contributed by atoms with Gasteiger partial charge in [-0.15, -0.1) is 0 Å². The Labute approximate surface area is 125 Å². The second-order valence-electron chi connectivity index (χ2n) is 6.13. The van der Waals surface area contributed by atoms with Crippen LogP contribution in [0.3, 0.4) is 0 Å². The van der Waals surface area contributed by atoms with Crippen LogP contribution in [0.1, 0.15) is 38.5 Å². The predicted octanol–water partition coefficient (Wildman–Crippen LogP) is 2.45. The summed E-state index contributed by atoms with van der Waals surface area (Å²) in [4.78, 5) is 29.8. The highest BCUT2D eigenvalue weighted by molar-refractivity contribution is 5.91. The first-order valence-electron chi connectivity index (χ1n) is 7.41. The Kier molecular flexibility index (Phi) is 4.94. The van der Waals surface area contributed by atoms with E-state index in [9.17, 15) is 9.59 Å². The molecule has 2 rings (SSSR count). The minimum absolute atomic E-state index is 0.0188. The maximum absolute atomic E-state index is 12.3. The molecule has 0 unspecified atom stereocenters. The first-order chi connectivity index (χ1) is 10.0. The molecule has 1 fully saturated rings. The smallest absolute Gasteiger partial charge is 0.224 e. The SMILES string of the molecule is CN(C)C(=O)CC1(CC(=O)Nc2ccncc2)CCCC1. The van der Waals surface area contributed by atoms with Gasteiger partial charge < -0.3 is 10.2 Å². The average molecular weight is 289 g/mol. The number of nitrogens with zero attached hydrogens (tertiary/aromatic N) is 2. The van der Waals surface area contributed by atoms with Crippen LogP contribution in [0, 0.1) is 5.41 Å². The summed E-state index contributed by atoms with van der Waals surface area (Å²) in [7, 11) is 3.53. The normalized spacial score (nSPS) is 16.5. The van der Waals surface area contributed by atoms with Gasteiger partial charge in [-0.2, -0.15) is 0 Å². The molecular formula is C16H23N3O2. The topological polar surface area (TPSA) is 62.3 Å². The van der Waals surface area contributed by atoms with E-state index in [1.165, 1.54) is 0 Å². The average Bonchev–Trinajstić information content (AvgIpc) is 2.87. The summed E-state index contributed by atoms with van der Waals surface area (Å²) in [5.41, 5.74) is 0.584. The third kappa shape index (κ3) is 4.28. The van der Waals surface area contributed by atoms with E-state index < -0.39 is 0 Å². The van der Waals surface area contributed by atoms with Gasteiger partial charge in [-0.1, -0.05) is 12.8 Å². The van der Waals surface area contributed by atoms with Gasteiger partial charge in [0.1, 0.15) is 0 Å². The van der Waals surface area contributed by atoms with E-state index in [4.69, 9.17) is 0 Å². The Morgan fingerprint density at radius 3 is 2.38 bits per heavy atom. The first-order valence-corrected chi connectivity index (χ1v) is 7.41. The number of pyridine rings is 1. The van der Waals surface area contributed by atoms with Crippen LogP contribution in [0.25, 0.3) is 0 Å². The van der Waals surface area contributed by atoms with Crippen LogP contribution >= 0.6 is 0 Å². The zero-order valence-electron chi connectivity index (χ0n) is 12.8.